The van der Waals surface area contributed by atoms with E-state index in [4.69, 9.17) is 16.8 Å². The summed E-state index contributed by atoms with van der Waals surface area (Å²) in [7, 11) is 3.71. The predicted octanol–water partition coefficient (Wildman–Crippen LogP) is 4.83. The number of nitrogens with zero attached hydrogens (tertiary/aromatic N) is 2. The molecule has 0 saturated carbocycles. The van der Waals surface area contributed by atoms with Crippen molar-refractivity contribution in [2.45, 2.75) is 26.7 Å². The van der Waals surface area contributed by atoms with E-state index in [-0.39, 0.29) is 11.8 Å². The first-order valence-electron chi connectivity index (χ1n) is 9.35. The van der Waals surface area contributed by atoms with E-state index >= 15 is 0 Å². The second kappa shape index (κ2) is 10.2. The second-order valence-electron chi connectivity index (χ2n) is 7.48. The number of nitrogens with one attached hydrogen (secondary N) is 1. The molecule has 0 aliphatic heterocycles. The van der Waals surface area contributed by atoms with Gasteiger partial charge in [0.15, 0.2) is 0 Å². The fourth-order valence-electron chi connectivity index (χ4n) is 3.13. The molecule has 6 heteroatoms. The lowest BCUT2D eigenvalue weighted by atomic mass is 9.89. The van der Waals surface area contributed by atoms with Crippen LogP contribution in [0.1, 0.15) is 32.3 Å². The zero-order valence-corrected chi connectivity index (χ0v) is 17.6. The third kappa shape index (κ3) is 6.36. The number of benzene rings is 2. The normalized spacial score (nSPS) is 12.8. The van der Waals surface area contributed by atoms with E-state index in [1.54, 1.807) is 10.5 Å². The number of hydroxylamine groups is 1. The van der Waals surface area contributed by atoms with Crippen molar-refractivity contribution in [3.63, 3.8) is 0 Å². The Morgan fingerprint density at radius 2 is 1.61 bits per heavy atom. The van der Waals surface area contributed by atoms with E-state index in [9.17, 15) is 4.79 Å². The van der Waals surface area contributed by atoms with Crippen molar-refractivity contribution in [1.82, 2.24) is 10.5 Å². The molecule has 28 heavy (non-hydrogen) atoms. The fourth-order valence-corrected chi connectivity index (χ4v) is 3.26. The molecule has 2 rings (SSSR count). The molecule has 5 nitrogen and oxygen atoms in total. The number of halogens is 1. The summed E-state index contributed by atoms with van der Waals surface area (Å²) in [5.74, 6) is -0.396. The Morgan fingerprint density at radius 1 is 1.07 bits per heavy atom. The molecule has 1 atom stereocenters. The summed E-state index contributed by atoms with van der Waals surface area (Å²) in [6.45, 7) is 4.11. The maximum absolute atomic E-state index is 12.1. The van der Waals surface area contributed by atoms with Gasteiger partial charge < -0.3 is 5.01 Å². The summed E-state index contributed by atoms with van der Waals surface area (Å²) in [6.07, 6.45) is 1.12. The minimum Gasteiger partial charge on any atom is -0.303 e. The summed E-state index contributed by atoms with van der Waals surface area (Å²) in [6, 6.07) is 15.8. The predicted molar refractivity (Wildman–Crippen MR) is 115 cm³/mol. The fraction of sp³-hybridized carbons (Fsp3) is 0.364. The van der Waals surface area contributed by atoms with Crippen molar-refractivity contribution in [3.05, 3.63) is 59.1 Å². The van der Waals surface area contributed by atoms with Crippen molar-refractivity contribution >= 4 is 23.2 Å². The maximum Gasteiger partial charge on any atom is 0.246 e. The average molecular weight is 402 g/mol. The molecule has 1 amide bonds. The summed E-state index contributed by atoms with van der Waals surface area (Å²) < 4.78 is 0. The lowest BCUT2D eigenvalue weighted by Gasteiger charge is -2.19. The third-order valence-corrected chi connectivity index (χ3v) is 4.65. The van der Waals surface area contributed by atoms with Gasteiger partial charge >= 0.3 is 0 Å². The van der Waals surface area contributed by atoms with Gasteiger partial charge in [0, 0.05) is 31.5 Å². The quantitative estimate of drug-likeness (QED) is 0.378. The van der Waals surface area contributed by atoms with Gasteiger partial charge in [0.05, 0.1) is 5.71 Å². The third-order valence-electron chi connectivity index (χ3n) is 4.39. The van der Waals surface area contributed by atoms with Gasteiger partial charge in [-0.15, -0.1) is 0 Å². The van der Waals surface area contributed by atoms with Gasteiger partial charge in [0.25, 0.3) is 0 Å². The highest BCUT2D eigenvalue weighted by molar-refractivity contribution is 6.30. The Bertz CT molecular complexity index is 800. The molecule has 1 unspecified atom stereocenters. The Hall–Kier alpha value is -2.37. The van der Waals surface area contributed by atoms with Gasteiger partial charge in [-0.05, 0) is 41.2 Å². The summed E-state index contributed by atoms with van der Waals surface area (Å²) in [5.41, 5.74) is 5.72. The summed E-state index contributed by atoms with van der Waals surface area (Å²) >= 11 is 5.97. The number of amides is 1. The Balaban J connectivity index is 2.29. The Kier molecular flexibility index (Phi) is 8.03. The van der Waals surface area contributed by atoms with E-state index in [1.165, 1.54) is 0 Å². The lowest BCUT2D eigenvalue weighted by Crippen LogP contribution is -2.31. The molecule has 0 aromatic heterocycles. The molecule has 2 aromatic carbocycles. The lowest BCUT2D eigenvalue weighted by molar-refractivity contribution is -0.133. The summed E-state index contributed by atoms with van der Waals surface area (Å²) in [5, 5.41) is 16.1. The minimum atomic E-state index is -0.377. The van der Waals surface area contributed by atoms with E-state index in [2.05, 4.69) is 18.9 Å². The first-order valence-corrected chi connectivity index (χ1v) is 9.73. The van der Waals surface area contributed by atoms with Gasteiger partial charge in [-0.25, -0.2) is 5.48 Å². The van der Waals surface area contributed by atoms with Crippen LogP contribution in [-0.4, -0.2) is 35.9 Å². The van der Waals surface area contributed by atoms with Crippen molar-refractivity contribution in [3.8, 4) is 11.1 Å². The molecule has 0 aliphatic rings. The number of hydrogen-bond acceptors (Lipinski definition) is 4. The monoisotopic (exact) mass is 401 g/mol. The minimum absolute atomic E-state index is 0.329. The molecule has 0 fully saturated rings. The molecule has 2 N–H and O–H groups in total. The van der Waals surface area contributed by atoms with Crippen LogP contribution in [0.15, 0.2) is 53.6 Å². The van der Waals surface area contributed by atoms with Gasteiger partial charge in [-0.3, -0.25) is 10.0 Å². The zero-order valence-electron chi connectivity index (χ0n) is 16.8. The van der Waals surface area contributed by atoms with Crippen LogP contribution in [0.2, 0.25) is 5.02 Å². The SMILES string of the molecule is CC(C)CC(C/C(=N/N(C)C)c1ccc(-c2ccc(Cl)cc2)cc1)C(=O)NO. The Labute approximate surface area is 172 Å². The van der Waals surface area contributed by atoms with Crippen molar-refractivity contribution < 1.29 is 10.0 Å². The maximum atomic E-state index is 12.1. The molecule has 0 radical (unpaired) electrons. The van der Waals surface area contributed by atoms with Gasteiger partial charge in [0.1, 0.15) is 0 Å². The van der Waals surface area contributed by atoms with Gasteiger partial charge in [0.2, 0.25) is 5.91 Å². The van der Waals surface area contributed by atoms with Crippen LogP contribution >= 0.6 is 11.6 Å². The van der Waals surface area contributed by atoms with Crippen LogP contribution in [0.4, 0.5) is 0 Å². The number of hydrogen-bond donors (Lipinski definition) is 2. The van der Waals surface area contributed by atoms with Crippen LogP contribution in [0, 0.1) is 11.8 Å². The molecule has 0 aliphatic carbocycles. The first kappa shape index (κ1) is 21.9. The molecular formula is C22H28ClN3O2. The number of carbonyl (C=O) groups excluding carboxylic acids is 1. The smallest absolute Gasteiger partial charge is 0.246 e. The Morgan fingerprint density at radius 3 is 2.07 bits per heavy atom. The summed E-state index contributed by atoms with van der Waals surface area (Å²) in [4.78, 5) is 12.1. The zero-order chi connectivity index (χ0) is 20.7. The molecule has 0 saturated heterocycles. The second-order valence-corrected chi connectivity index (χ2v) is 7.92. The van der Waals surface area contributed by atoms with Crippen molar-refractivity contribution in [1.29, 1.82) is 0 Å². The molecule has 0 bridgehead atoms. The molecule has 150 valence electrons. The largest absolute Gasteiger partial charge is 0.303 e. The van der Waals surface area contributed by atoms with Crippen LogP contribution in [-0.2, 0) is 4.79 Å². The van der Waals surface area contributed by atoms with Crippen LogP contribution in [0.5, 0.6) is 0 Å². The highest BCUT2D eigenvalue weighted by Crippen LogP contribution is 2.24. The van der Waals surface area contributed by atoms with Gasteiger partial charge in [-0.2, -0.15) is 5.10 Å². The highest BCUT2D eigenvalue weighted by atomic mass is 35.5. The number of rotatable bonds is 8. The highest BCUT2D eigenvalue weighted by Gasteiger charge is 2.22. The topological polar surface area (TPSA) is 64.9 Å². The van der Waals surface area contributed by atoms with Crippen LogP contribution < -0.4 is 5.48 Å². The molecule has 0 heterocycles. The average Bonchev–Trinajstić information content (AvgIpc) is 2.66. The van der Waals surface area contributed by atoms with Crippen LogP contribution in [0.25, 0.3) is 11.1 Å². The van der Waals surface area contributed by atoms with Crippen molar-refractivity contribution in [2.75, 3.05) is 14.1 Å². The van der Waals surface area contributed by atoms with E-state index in [1.807, 2.05) is 62.6 Å². The first-order chi connectivity index (χ1) is 13.3. The van der Waals surface area contributed by atoms with Gasteiger partial charge in [-0.1, -0.05) is 61.8 Å². The van der Waals surface area contributed by atoms with E-state index in [0.29, 0.717) is 23.8 Å². The van der Waals surface area contributed by atoms with E-state index < -0.39 is 0 Å². The number of hydrazone groups is 1. The standard InChI is InChI=1S/C22H28ClN3O2/c1-15(2)13-19(22(27)25-28)14-21(24-26(3)4)18-7-5-16(6-8-18)17-9-11-20(23)12-10-17/h5-12,15,19,28H,13-14H2,1-4H3,(H,25,27)/b24-21-. The van der Waals surface area contributed by atoms with Crippen molar-refractivity contribution in [2.24, 2.45) is 16.9 Å². The van der Waals surface area contributed by atoms with Crippen LogP contribution in [0.3, 0.4) is 0 Å². The van der Waals surface area contributed by atoms with E-state index in [0.717, 1.165) is 22.4 Å². The molecule has 0 spiro atoms. The number of carbonyl (C=O) groups is 1. The molecule has 2 aromatic rings. The molecular weight excluding hydrogens is 374 g/mol.